The van der Waals surface area contributed by atoms with Gasteiger partial charge in [-0.05, 0) is 49.5 Å². The SMILES string of the molecule is CCC1COC(=NC2=CC(C3CCOCC3)C2(C)C)C=C1C1(CO)CCC1. The molecule has 0 aromatic heterocycles. The van der Waals surface area contributed by atoms with Crippen molar-refractivity contribution in [2.24, 2.45) is 33.6 Å². The van der Waals surface area contributed by atoms with Gasteiger partial charge in [-0.3, -0.25) is 0 Å². The lowest BCUT2D eigenvalue weighted by atomic mass is 9.60. The third kappa shape index (κ3) is 3.29. The molecule has 0 spiro atoms. The zero-order valence-electron chi connectivity index (χ0n) is 17.2. The van der Waals surface area contributed by atoms with Crippen molar-refractivity contribution < 1.29 is 14.6 Å². The summed E-state index contributed by atoms with van der Waals surface area (Å²) in [6.45, 7) is 9.58. The molecule has 2 unspecified atom stereocenters. The van der Waals surface area contributed by atoms with Gasteiger partial charge in [0.15, 0.2) is 0 Å². The van der Waals surface area contributed by atoms with Crippen LogP contribution in [0.2, 0.25) is 0 Å². The first kappa shape index (κ1) is 19.2. The summed E-state index contributed by atoms with van der Waals surface area (Å²) in [5.74, 6) is 2.47. The number of aliphatic hydroxyl groups excluding tert-OH is 1. The Labute approximate surface area is 163 Å². The molecule has 2 heterocycles. The van der Waals surface area contributed by atoms with Crippen LogP contribution in [0.25, 0.3) is 0 Å². The van der Waals surface area contributed by atoms with Crippen molar-refractivity contribution in [2.45, 2.75) is 59.3 Å². The zero-order chi connectivity index (χ0) is 19.1. The quantitative estimate of drug-likeness (QED) is 0.772. The summed E-state index contributed by atoms with van der Waals surface area (Å²) < 4.78 is 11.6. The maximum Gasteiger partial charge on any atom is 0.213 e. The largest absolute Gasteiger partial charge is 0.477 e. The normalized spacial score (nSPS) is 34.1. The first-order chi connectivity index (χ1) is 13.0. The van der Waals surface area contributed by atoms with Crippen LogP contribution in [0.5, 0.6) is 0 Å². The maximum atomic E-state index is 10.0. The average Bonchev–Trinajstić information content (AvgIpc) is 2.65. The summed E-state index contributed by atoms with van der Waals surface area (Å²) in [5, 5.41) is 10.0. The Morgan fingerprint density at radius 1 is 1.22 bits per heavy atom. The van der Waals surface area contributed by atoms with Crippen molar-refractivity contribution in [2.75, 3.05) is 26.4 Å². The average molecular weight is 374 g/mol. The van der Waals surface area contributed by atoms with Gasteiger partial charge in [0.2, 0.25) is 5.90 Å². The molecule has 0 aromatic carbocycles. The fraction of sp³-hybridized carbons (Fsp3) is 0.783. The van der Waals surface area contributed by atoms with Gasteiger partial charge in [-0.25, -0.2) is 4.99 Å². The van der Waals surface area contributed by atoms with E-state index in [0.29, 0.717) is 24.4 Å². The minimum atomic E-state index is -0.0145. The molecule has 0 amide bonds. The van der Waals surface area contributed by atoms with Gasteiger partial charge < -0.3 is 14.6 Å². The highest BCUT2D eigenvalue weighted by molar-refractivity contribution is 5.90. The molecular weight excluding hydrogens is 338 g/mol. The number of aliphatic imine (C=N–C) groups is 1. The van der Waals surface area contributed by atoms with E-state index in [1.807, 2.05) is 0 Å². The van der Waals surface area contributed by atoms with Gasteiger partial charge in [-0.15, -0.1) is 0 Å². The number of hydrogen-bond acceptors (Lipinski definition) is 4. The van der Waals surface area contributed by atoms with Gasteiger partial charge >= 0.3 is 0 Å². The first-order valence-electron chi connectivity index (χ1n) is 10.8. The Balaban J connectivity index is 1.56. The van der Waals surface area contributed by atoms with E-state index < -0.39 is 0 Å². The number of allylic oxidation sites excluding steroid dienone is 2. The molecule has 150 valence electrons. The molecule has 0 aromatic rings. The Morgan fingerprint density at radius 2 is 1.96 bits per heavy atom. The number of aliphatic hydroxyl groups is 1. The van der Waals surface area contributed by atoms with Crippen LogP contribution in [0.1, 0.15) is 59.3 Å². The standard InChI is InChI=1S/C23H35NO3/c1-4-16-14-27-21(13-19(16)23(15-25)8-5-9-23)24-20-12-18(22(20,2)3)17-6-10-26-11-7-17/h12-13,16-18,25H,4-11,14-15H2,1-3H3. The molecule has 0 bridgehead atoms. The third-order valence-corrected chi connectivity index (χ3v) is 7.71. The summed E-state index contributed by atoms with van der Waals surface area (Å²) in [5.41, 5.74) is 2.62. The Bertz CT molecular complexity index is 645. The predicted octanol–water partition coefficient (Wildman–Crippen LogP) is 4.50. The molecule has 4 rings (SSSR count). The van der Waals surface area contributed by atoms with Crippen LogP contribution in [0.4, 0.5) is 0 Å². The fourth-order valence-electron chi connectivity index (χ4n) is 5.47. The Kier molecular flexibility index (Phi) is 5.24. The van der Waals surface area contributed by atoms with E-state index in [1.165, 1.54) is 12.0 Å². The molecule has 27 heavy (non-hydrogen) atoms. The fourth-order valence-corrected chi connectivity index (χ4v) is 5.47. The second kappa shape index (κ2) is 7.36. The van der Waals surface area contributed by atoms with Crippen molar-refractivity contribution in [1.29, 1.82) is 0 Å². The van der Waals surface area contributed by atoms with E-state index in [4.69, 9.17) is 14.5 Å². The van der Waals surface area contributed by atoms with E-state index in [9.17, 15) is 5.11 Å². The minimum Gasteiger partial charge on any atom is -0.477 e. The van der Waals surface area contributed by atoms with Crippen molar-refractivity contribution in [3.8, 4) is 0 Å². The Morgan fingerprint density at radius 3 is 2.52 bits per heavy atom. The van der Waals surface area contributed by atoms with Gasteiger partial charge in [0.05, 0.1) is 13.2 Å². The van der Waals surface area contributed by atoms with Crippen LogP contribution in [-0.2, 0) is 9.47 Å². The number of nitrogens with zero attached hydrogens (tertiary/aromatic N) is 1. The number of ether oxygens (including phenoxy) is 2. The second-order valence-corrected chi connectivity index (χ2v) is 9.51. The van der Waals surface area contributed by atoms with Gasteiger partial charge in [0.25, 0.3) is 0 Å². The third-order valence-electron chi connectivity index (χ3n) is 7.71. The van der Waals surface area contributed by atoms with Crippen LogP contribution in [-0.4, -0.2) is 37.4 Å². The van der Waals surface area contributed by atoms with E-state index in [2.05, 4.69) is 32.9 Å². The molecule has 4 nitrogen and oxygen atoms in total. The summed E-state index contributed by atoms with van der Waals surface area (Å²) >= 11 is 0. The summed E-state index contributed by atoms with van der Waals surface area (Å²) in [7, 11) is 0. The van der Waals surface area contributed by atoms with Crippen molar-refractivity contribution in [3.63, 3.8) is 0 Å². The lowest BCUT2D eigenvalue weighted by Gasteiger charge is -2.48. The molecule has 2 aliphatic carbocycles. The number of rotatable bonds is 5. The summed E-state index contributed by atoms with van der Waals surface area (Å²) in [6, 6.07) is 0. The van der Waals surface area contributed by atoms with Crippen LogP contribution < -0.4 is 0 Å². The first-order valence-corrected chi connectivity index (χ1v) is 10.8. The van der Waals surface area contributed by atoms with Crippen LogP contribution in [0.15, 0.2) is 28.4 Å². The van der Waals surface area contributed by atoms with Crippen molar-refractivity contribution >= 4 is 5.90 Å². The van der Waals surface area contributed by atoms with Crippen molar-refractivity contribution in [3.05, 3.63) is 23.4 Å². The van der Waals surface area contributed by atoms with Gasteiger partial charge in [-0.1, -0.05) is 33.3 Å². The molecule has 2 fully saturated rings. The second-order valence-electron chi connectivity index (χ2n) is 9.51. The molecule has 1 N–H and O–H groups in total. The monoisotopic (exact) mass is 373 g/mol. The molecule has 4 heteroatoms. The Hall–Kier alpha value is -1.13. The van der Waals surface area contributed by atoms with Crippen LogP contribution in [0, 0.1) is 28.6 Å². The molecule has 2 atom stereocenters. The molecular formula is C23H35NO3. The molecule has 1 saturated carbocycles. The maximum absolute atomic E-state index is 10.0. The van der Waals surface area contributed by atoms with E-state index in [1.54, 1.807) is 0 Å². The topological polar surface area (TPSA) is 51.0 Å². The molecule has 4 aliphatic rings. The van der Waals surface area contributed by atoms with Gasteiger partial charge in [-0.2, -0.15) is 0 Å². The summed E-state index contributed by atoms with van der Waals surface area (Å²) in [4.78, 5) is 4.93. The number of hydrogen-bond donors (Lipinski definition) is 1. The molecule has 0 radical (unpaired) electrons. The lowest BCUT2D eigenvalue weighted by molar-refractivity contribution is 0.0284. The minimum absolute atomic E-state index is 0.0145. The zero-order valence-corrected chi connectivity index (χ0v) is 17.2. The molecule has 1 saturated heterocycles. The van der Waals surface area contributed by atoms with Crippen LogP contribution in [0.3, 0.4) is 0 Å². The van der Waals surface area contributed by atoms with Gasteiger partial charge in [0, 0.05) is 41.7 Å². The van der Waals surface area contributed by atoms with E-state index >= 15 is 0 Å². The highest BCUT2D eigenvalue weighted by atomic mass is 16.5. The van der Waals surface area contributed by atoms with Gasteiger partial charge in [0.1, 0.15) is 0 Å². The van der Waals surface area contributed by atoms with Crippen molar-refractivity contribution in [1.82, 2.24) is 0 Å². The lowest BCUT2D eigenvalue weighted by Crippen LogP contribution is -2.42. The van der Waals surface area contributed by atoms with Crippen LogP contribution >= 0.6 is 0 Å². The smallest absolute Gasteiger partial charge is 0.213 e. The van der Waals surface area contributed by atoms with E-state index in [-0.39, 0.29) is 17.4 Å². The summed E-state index contributed by atoms with van der Waals surface area (Å²) in [6.07, 6.45) is 11.3. The highest BCUT2D eigenvalue weighted by Gasteiger charge is 2.46. The molecule has 2 aliphatic heterocycles. The van der Waals surface area contributed by atoms with E-state index in [0.717, 1.165) is 56.9 Å². The predicted molar refractivity (Wildman–Crippen MR) is 108 cm³/mol. The highest BCUT2D eigenvalue weighted by Crippen LogP contribution is 2.53.